The Kier molecular flexibility index (Phi) is 3.69. The lowest BCUT2D eigenvalue weighted by molar-refractivity contribution is -0.130. The third-order valence-electron chi connectivity index (χ3n) is 3.94. The fraction of sp³-hybridized carbons (Fsp3) is 0.467. The highest BCUT2D eigenvalue weighted by Gasteiger charge is 2.29. The average Bonchev–Trinajstić information content (AvgIpc) is 3.07. The maximum Gasteiger partial charge on any atom is 0.246 e. The fourth-order valence-corrected chi connectivity index (χ4v) is 2.86. The van der Waals surface area contributed by atoms with Crippen molar-refractivity contribution in [3.8, 4) is 0 Å². The molecule has 0 saturated carbocycles. The third kappa shape index (κ3) is 2.54. The molecular weight excluding hydrogens is 254 g/mol. The Morgan fingerprint density at radius 1 is 1.30 bits per heavy atom. The zero-order chi connectivity index (χ0) is 13.9. The summed E-state index contributed by atoms with van der Waals surface area (Å²) in [6.07, 6.45) is 2.67. The van der Waals surface area contributed by atoms with E-state index in [4.69, 9.17) is 0 Å². The van der Waals surface area contributed by atoms with Gasteiger partial charge in [-0.25, -0.2) is 0 Å². The molecule has 1 aromatic rings. The van der Waals surface area contributed by atoms with Crippen LogP contribution in [0.1, 0.15) is 30.9 Å². The van der Waals surface area contributed by atoms with Gasteiger partial charge < -0.3 is 15.5 Å². The minimum absolute atomic E-state index is 0.0418. The van der Waals surface area contributed by atoms with Gasteiger partial charge in [0, 0.05) is 37.3 Å². The van der Waals surface area contributed by atoms with Crippen LogP contribution in [0.4, 0.5) is 5.69 Å². The summed E-state index contributed by atoms with van der Waals surface area (Å²) in [6.45, 7) is 2.29. The highest BCUT2D eigenvalue weighted by Crippen LogP contribution is 2.29. The molecule has 0 bridgehead atoms. The van der Waals surface area contributed by atoms with E-state index in [9.17, 15) is 9.59 Å². The molecule has 1 unspecified atom stereocenters. The molecule has 0 aliphatic carbocycles. The molecule has 1 saturated heterocycles. The van der Waals surface area contributed by atoms with Crippen molar-refractivity contribution >= 4 is 17.5 Å². The van der Waals surface area contributed by atoms with E-state index in [1.807, 2.05) is 29.2 Å². The van der Waals surface area contributed by atoms with Gasteiger partial charge in [0.15, 0.2) is 0 Å². The molecule has 0 aromatic heterocycles. The van der Waals surface area contributed by atoms with Crippen molar-refractivity contribution < 1.29 is 9.59 Å². The fourth-order valence-electron chi connectivity index (χ4n) is 2.86. The van der Waals surface area contributed by atoms with E-state index in [0.717, 1.165) is 37.2 Å². The van der Waals surface area contributed by atoms with Crippen molar-refractivity contribution in [1.82, 2.24) is 10.2 Å². The maximum atomic E-state index is 11.9. The van der Waals surface area contributed by atoms with Gasteiger partial charge in [-0.05, 0) is 18.9 Å². The van der Waals surface area contributed by atoms with Crippen LogP contribution in [0.25, 0.3) is 0 Å². The molecule has 1 aromatic carbocycles. The number of likely N-dealkylation sites (tertiary alicyclic amines) is 1. The number of hydrogen-bond donors (Lipinski definition) is 2. The maximum absolute atomic E-state index is 11.9. The second-order valence-electron chi connectivity index (χ2n) is 5.30. The van der Waals surface area contributed by atoms with Crippen molar-refractivity contribution in [2.45, 2.75) is 25.3 Å². The number of fused-ring (bicyclic) bond motifs is 1. The molecule has 2 N–H and O–H groups in total. The first-order valence-corrected chi connectivity index (χ1v) is 7.16. The lowest BCUT2D eigenvalue weighted by Gasteiger charge is -2.16. The minimum atomic E-state index is -0.336. The molecule has 106 valence electrons. The number of para-hydroxylation sites is 1. The van der Waals surface area contributed by atoms with Crippen molar-refractivity contribution in [1.29, 1.82) is 0 Å². The lowest BCUT2D eigenvalue weighted by Crippen LogP contribution is -2.33. The van der Waals surface area contributed by atoms with Gasteiger partial charge in [-0.3, -0.25) is 9.59 Å². The molecule has 5 heteroatoms. The molecule has 1 atom stereocenters. The van der Waals surface area contributed by atoms with E-state index in [0.29, 0.717) is 13.0 Å². The molecule has 5 nitrogen and oxygen atoms in total. The molecule has 20 heavy (non-hydrogen) atoms. The summed E-state index contributed by atoms with van der Waals surface area (Å²) in [4.78, 5) is 25.7. The van der Waals surface area contributed by atoms with Gasteiger partial charge in [0.05, 0.1) is 0 Å². The molecule has 2 aliphatic rings. The summed E-state index contributed by atoms with van der Waals surface area (Å²) >= 11 is 0. The van der Waals surface area contributed by atoms with Crippen LogP contribution >= 0.6 is 0 Å². The Balaban J connectivity index is 1.54. The normalized spacial score (nSPS) is 20.9. The van der Waals surface area contributed by atoms with Gasteiger partial charge in [0.1, 0.15) is 6.04 Å². The van der Waals surface area contributed by atoms with Gasteiger partial charge >= 0.3 is 0 Å². The van der Waals surface area contributed by atoms with Gasteiger partial charge in [-0.2, -0.15) is 0 Å². The van der Waals surface area contributed by atoms with Gasteiger partial charge in [-0.15, -0.1) is 0 Å². The average molecular weight is 273 g/mol. The highest BCUT2D eigenvalue weighted by atomic mass is 16.2. The molecule has 1 fully saturated rings. The SMILES string of the molecule is O=C1Nc2ccccc2C1NCCC(=O)N1CCCC1. The number of hydrogen-bond acceptors (Lipinski definition) is 3. The van der Waals surface area contributed by atoms with E-state index in [-0.39, 0.29) is 17.9 Å². The predicted molar refractivity (Wildman–Crippen MR) is 76.2 cm³/mol. The lowest BCUT2D eigenvalue weighted by atomic mass is 10.1. The van der Waals surface area contributed by atoms with Crippen LogP contribution in [0.3, 0.4) is 0 Å². The number of carbonyl (C=O) groups excluding carboxylic acids is 2. The summed E-state index contributed by atoms with van der Waals surface area (Å²) in [5.41, 5.74) is 1.83. The number of benzene rings is 1. The minimum Gasteiger partial charge on any atom is -0.343 e. The first-order chi connectivity index (χ1) is 9.75. The Hall–Kier alpha value is -1.88. The predicted octanol–water partition coefficient (Wildman–Crippen LogP) is 1.28. The van der Waals surface area contributed by atoms with Crippen LogP contribution in [0.2, 0.25) is 0 Å². The Bertz CT molecular complexity index is 524. The molecule has 2 heterocycles. The molecular formula is C15H19N3O2. The summed E-state index contributed by atoms with van der Waals surface area (Å²) < 4.78 is 0. The zero-order valence-corrected chi connectivity index (χ0v) is 11.4. The number of amides is 2. The van der Waals surface area contributed by atoms with Crippen molar-refractivity contribution in [3.05, 3.63) is 29.8 Å². The van der Waals surface area contributed by atoms with E-state index >= 15 is 0 Å². The smallest absolute Gasteiger partial charge is 0.246 e. The second kappa shape index (κ2) is 5.63. The molecule has 2 amide bonds. The van der Waals surface area contributed by atoms with Crippen LogP contribution in [-0.2, 0) is 9.59 Å². The van der Waals surface area contributed by atoms with Crippen molar-refractivity contribution in [2.75, 3.05) is 25.0 Å². The van der Waals surface area contributed by atoms with Crippen LogP contribution in [0.15, 0.2) is 24.3 Å². The first-order valence-electron chi connectivity index (χ1n) is 7.16. The van der Waals surface area contributed by atoms with Crippen molar-refractivity contribution in [2.24, 2.45) is 0 Å². The molecule has 3 rings (SSSR count). The van der Waals surface area contributed by atoms with E-state index in [1.165, 1.54) is 0 Å². The topological polar surface area (TPSA) is 61.4 Å². The summed E-state index contributed by atoms with van der Waals surface area (Å²) in [5, 5.41) is 6.03. The number of nitrogens with zero attached hydrogens (tertiary/aromatic N) is 1. The summed E-state index contributed by atoms with van der Waals surface area (Å²) in [7, 11) is 0. The Morgan fingerprint density at radius 2 is 2.05 bits per heavy atom. The van der Waals surface area contributed by atoms with Crippen LogP contribution in [0.5, 0.6) is 0 Å². The van der Waals surface area contributed by atoms with Crippen LogP contribution in [-0.4, -0.2) is 36.3 Å². The highest BCUT2D eigenvalue weighted by molar-refractivity contribution is 6.02. The largest absolute Gasteiger partial charge is 0.343 e. The standard InChI is InChI=1S/C15H19N3O2/c19-13(18-9-3-4-10-18)7-8-16-14-11-5-1-2-6-12(11)17-15(14)20/h1-2,5-6,14,16H,3-4,7-10H2,(H,17,20). The molecule has 0 radical (unpaired) electrons. The van der Waals surface area contributed by atoms with E-state index in [1.54, 1.807) is 0 Å². The van der Waals surface area contributed by atoms with Crippen molar-refractivity contribution in [3.63, 3.8) is 0 Å². The van der Waals surface area contributed by atoms with Gasteiger partial charge in [0.2, 0.25) is 11.8 Å². The van der Waals surface area contributed by atoms with Crippen LogP contribution in [0, 0.1) is 0 Å². The first kappa shape index (κ1) is 13.1. The zero-order valence-electron chi connectivity index (χ0n) is 11.4. The third-order valence-corrected chi connectivity index (χ3v) is 3.94. The number of anilines is 1. The van der Waals surface area contributed by atoms with E-state index < -0.39 is 0 Å². The number of rotatable bonds is 4. The summed E-state index contributed by atoms with van der Waals surface area (Å²) in [6, 6.07) is 7.32. The monoisotopic (exact) mass is 273 g/mol. The Morgan fingerprint density at radius 3 is 2.85 bits per heavy atom. The second-order valence-corrected chi connectivity index (χ2v) is 5.30. The van der Waals surface area contributed by atoms with E-state index in [2.05, 4.69) is 10.6 Å². The van der Waals surface area contributed by atoms with Gasteiger partial charge in [0.25, 0.3) is 0 Å². The van der Waals surface area contributed by atoms with Crippen LogP contribution < -0.4 is 10.6 Å². The quantitative estimate of drug-likeness (QED) is 0.869. The number of carbonyl (C=O) groups is 2. The molecule has 0 spiro atoms. The number of nitrogens with one attached hydrogen (secondary N) is 2. The summed E-state index contributed by atoms with van der Waals surface area (Å²) in [5.74, 6) is 0.140. The Labute approximate surface area is 118 Å². The molecule has 2 aliphatic heterocycles. The van der Waals surface area contributed by atoms with Gasteiger partial charge in [-0.1, -0.05) is 18.2 Å².